The van der Waals surface area contributed by atoms with Crippen LogP contribution in [0.15, 0.2) is 72.8 Å². The number of ketones is 1. The summed E-state index contributed by atoms with van der Waals surface area (Å²) in [4.78, 5) is 66.6. The number of amides is 4. The molecule has 0 unspecified atom stereocenters. The number of ether oxygens (including phenoxy) is 2. The van der Waals surface area contributed by atoms with Crippen LogP contribution in [-0.2, 0) is 36.9 Å². The van der Waals surface area contributed by atoms with E-state index in [4.69, 9.17) is 21.1 Å². The molecule has 11 nitrogen and oxygen atoms in total. The number of carbonyl (C=O) groups excluding carboxylic acids is 5. The molecular weight excluding hydrogens is 753 g/mol. The Morgan fingerprint density at radius 2 is 1.25 bits per heavy atom. The highest BCUT2D eigenvalue weighted by atomic mass is 35.5. The Balaban J connectivity index is 1.99. The number of hydrogen-bond acceptors (Lipinski definition) is 7. The summed E-state index contributed by atoms with van der Waals surface area (Å²) in [6.45, 7) is 11.8. The first-order valence-corrected chi connectivity index (χ1v) is 18.4. The number of rotatable bonds is 16. The van der Waals surface area contributed by atoms with Gasteiger partial charge in [-0.25, -0.2) is 4.79 Å². The lowest BCUT2D eigenvalue weighted by molar-refractivity contribution is -0.175. The minimum atomic E-state index is -5.23. The second-order valence-corrected chi connectivity index (χ2v) is 15.5. The molecular formula is C41H50ClF3N4O7. The zero-order valence-electron chi connectivity index (χ0n) is 32.7. The van der Waals surface area contributed by atoms with E-state index in [1.54, 1.807) is 69.3 Å². The number of alkyl carbamates (subject to hydrolysis) is 1. The molecule has 4 atom stereocenters. The highest BCUT2D eigenvalue weighted by Gasteiger charge is 2.45. The van der Waals surface area contributed by atoms with Crippen LogP contribution in [0.2, 0.25) is 5.02 Å². The van der Waals surface area contributed by atoms with Gasteiger partial charge in [-0.15, -0.1) is 0 Å². The molecule has 0 aliphatic heterocycles. The van der Waals surface area contributed by atoms with Gasteiger partial charge in [-0.05, 0) is 79.1 Å². The average Bonchev–Trinajstić information content (AvgIpc) is 3.11. The molecule has 0 saturated carbocycles. The van der Waals surface area contributed by atoms with Crippen LogP contribution in [0.1, 0.15) is 82.7 Å². The third-order valence-corrected chi connectivity index (χ3v) is 8.89. The lowest BCUT2D eigenvalue weighted by atomic mass is 9.87. The maximum absolute atomic E-state index is 14.3. The van der Waals surface area contributed by atoms with Gasteiger partial charge in [-0.1, -0.05) is 87.8 Å². The van der Waals surface area contributed by atoms with Crippen molar-refractivity contribution in [2.45, 2.75) is 97.3 Å². The number of hydrogen-bond donors (Lipinski definition) is 4. The Hall–Kier alpha value is -5.11. The fraction of sp³-hybridized carbons (Fsp3) is 0.439. The van der Waals surface area contributed by atoms with Crippen molar-refractivity contribution >= 4 is 41.2 Å². The first kappa shape index (κ1) is 45.3. The van der Waals surface area contributed by atoms with Gasteiger partial charge in [0, 0.05) is 18.0 Å². The minimum Gasteiger partial charge on any atom is -0.497 e. The molecule has 3 rings (SSSR count). The van der Waals surface area contributed by atoms with Crippen molar-refractivity contribution in [2.24, 2.45) is 11.8 Å². The van der Waals surface area contributed by atoms with Gasteiger partial charge in [0.2, 0.25) is 17.7 Å². The zero-order chi connectivity index (χ0) is 42.0. The van der Waals surface area contributed by atoms with Crippen molar-refractivity contribution in [3.63, 3.8) is 0 Å². The topological polar surface area (TPSA) is 152 Å². The third kappa shape index (κ3) is 13.6. The normalized spacial score (nSPS) is 13.9. The molecule has 0 heterocycles. The first-order chi connectivity index (χ1) is 26.1. The summed E-state index contributed by atoms with van der Waals surface area (Å²) in [5, 5.41) is 10.8. The summed E-state index contributed by atoms with van der Waals surface area (Å²) >= 11 is 6.10. The molecule has 0 aromatic heterocycles. The molecule has 4 N–H and O–H groups in total. The van der Waals surface area contributed by atoms with E-state index in [1.807, 2.05) is 13.8 Å². The van der Waals surface area contributed by atoms with Crippen LogP contribution in [0.4, 0.5) is 18.0 Å². The molecule has 304 valence electrons. The Morgan fingerprint density at radius 1 is 0.696 bits per heavy atom. The van der Waals surface area contributed by atoms with Crippen LogP contribution in [0.3, 0.4) is 0 Å². The van der Waals surface area contributed by atoms with E-state index in [9.17, 15) is 37.1 Å². The highest BCUT2D eigenvalue weighted by molar-refractivity contribution is 6.30. The van der Waals surface area contributed by atoms with E-state index in [0.717, 1.165) is 5.56 Å². The number of alkyl halides is 3. The van der Waals surface area contributed by atoms with Gasteiger partial charge < -0.3 is 30.7 Å². The largest absolute Gasteiger partial charge is 0.497 e. The van der Waals surface area contributed by atoms with E-state index >= 15 is 0 Å². The minimum absolute atomic E-state index is 0.0685. The van der Waals surface area contributed by atoms with E-state index in [0.29, 0.717) is 21.9 Å². The monoisotopic (exact) mass is 802 g/mol. The Labute approximate surface area is 330 Å². The molecule has 0 aliphatic rings. The van der Waals surface area contributed by atoms with Crippen LogP contribution in [0.25, 0.3) is 0 Å². The van der Waals surface area contributed by atoms with Crippen LogP contribution < -0.4 is 26.0 Å². The first-order valence-electron chi connectivity index (χ1n) is 18.1. The van der Waals surface area contributed by atoms with E-state index in [-0.39, 0.29) is 24.4 Å². The summed E-state index contributed by atoms with van der Waals surface area (Å²) in [5.74, 6) is -6.03. The van der Waals surface area contributed by atoms with Gasteiger partial charge in [0.1, 0.15) is 23.4 Å². The summed E-state index contributed by atoms with van der Waals surface area (Å²) in [5.41, 5.74) is 1.45. The van der Waals surface area contributed by atoms with Crippen molar-refractivity contribution in [1.82, 2.24) is 21.3 Å². The standard InChI is InChI=1S/C41H50ClF3N4O7/c1-23(2)32(27-13-17-29(42)18-14-27)37(52)47-31(21-25-9-11-26(12-10-25)22-46-39(54)56-40(5,6)7)36(51)49-34(28-15-19-30(55-8)20-16-28)38(53)48-33(24(3)4)35(50)41(43,44)45/h9-20,23-24,31-34H,21-22H2,1-8H3,(H,46,54)(H,47,52)(H,48,53)(H,49,51)/t31-,32+,33-,34-/m0/s1. The predicted octanol–water partition coefficient (Wildman–Crippen LogP) is 6.97. The van der Waals surface area contributed by atoms with Crippen molar-refractivity contribution in [1.29, 1.82) is 0 Å². The number of carbonyl (C=O) groups is 5. The van der Waals surface area contributed by atoms with Gasteiger partial charge in [0.05, 0.1) is 19.1 Å². The molecule has 0 fully saturated rings. The SMILES string of the molecule is COc1ccc([C@H](NC(=O)[C@H](Cc2ccc(CNC(=O)OC(C)(C)C)cc2)NC(=O)[C@@H](c2ccc(Cl)cc2)C(C)C)C(=O)N[C@H](C(=O)C(F)(F)F)C(C)C)cc1. The van der Waals surface area contributed by atoms with Crippen LogP contribution in [0, 0.1) is 11.8 Å². The van der Waals surface area contributed by atoms with Gasteiger partial charge >= 0.3 is 12.3 Å². The van der Waals surface area contributed by atoms with Crippen molar-refractivity contribution in [2.75, 3.05) is 7.11 Å². The summed E-state index contributed by atoms with van der Waals surface area (Å²) in [6.07, 6.45) is -5.89. The summed E-state index contributed by atoms with van der Waals surface area (Å²) in [6, 6.07) is 14.7. The lowest BCUT2D eigenvalue weighted by Gasteiger charge is -2.28. The Kier molecular flexibility index (Phi) is 15.9. The number of Topliss-reactive ketones (excluding diaryl/α,β-unsaturated/α-hetero) is 1. The summed E-state index contributed by atoms with van der Waals surface area (Å²) < 4.78 is 51.1. The average molecular weight is 803 g/mol. The fourth-order valence-corrected chi connectivity index (χ4v) is 5.91. The van der Waals surface area contributed by atoms with Crippen molar-refractivity contribution < 1.29 is 46.6 Å². The number of benzene rings is 3. The predicted molar refractivity (Wildman–Crippen MR) is 206 cm³/mol. The number of nitrogens with one attached hydrogen (secondary N) is 4. The van der Waals surface area contributed by atoms with Gasteiger partial charge in [0.15, 0.2) is 0 Å². The Bertz CT molecular complexity index is 1810. The van der Waals surface area contributed by atoms with E-state index < -0.39 is 71.3 Å². The highest BCUT2D eigenvalue weighted by Crippen LogP contribution is 2.27. The van der Waals surface area contributed by atoms with Crippen LogP contribution in [0.5, 0.6) is 5.75 Å². The van der Waals surface area contributed by atoms with E-state index in [1.165, 1.54) is 45.2 Å². The molecule has 0 spiro atoms. The quantitative estimate of drug-likeness (QED) is 0.122. The molecule has 4 amide bonds. The molecule has 0 bridgehead atoms. The second kappa shape index (κ2) is 19.7. The molecule has 56 heavy (non-hydrogen) atoms. The van der Waals surface area contributed by atoms with Crippen molar-refractivity contribution in [3.05, 3.63) is 100 Å². The number of halogens is 4. The Morgan fingerprint density at radius 3 is 1.75 bits per heavy atom. The van der Waals surface area contributed by atoms with E-state index in [2.05, 4.69) is 21.3 Å². The molecule has 15 heteroatoms. The molecule has 0 saturated heterocycles. The maximum Gasteiger partial charge on any atom is 0.452 e. The fourth-order valence-electron chi connectivity index (χ4n) is 5.78. The molecule has 0 radical (unpaired) electrons. The lowest BCUT2D eigenvalue weighted by Crippen LogP contribution is -2.55. The smallest absolute Gasteiger partial charge is 0.452 e. The summed E-state index contributed by atoms with van der Waals surface area (Å²) in [7, 11) is 1.42. The van der Waals surface area contributed by atoms with Crippen LogP contribution in [-0.4, -0.2) is 60.6 Å². The van der Waals surface area contributed by atoms with Crippen LogP contribution >= 0.6 is 11.6 Å². The third-order valence-electron chi connectivity index (χ3n) is 8.63. The van der Waals surface area contributed by atoms with Gasteiger partial charge in [0.25, 0.3) is 5.78 Å². The van der Waals surface area contributed by atoms with Gasteiger partial charge in [-0.2, -0.15) is 13.2 Å². The number of methoxy groups -OCH3 is 1. The maximum atomic E-state index is 14.3. The molecule has 0 aliphatic carbocycles. The second-order valence-electron chi connectivity index (χ2n) is 15.0. The van der Waals surface area contributed by atoms with Crippen molar-refractivity contribution in [3.8, 4) is 5.75 Å². The molecule has 3 aromatic carbocycles. The zero-order valence-corrected chi connectivity index (χ0v) is 33.4. The van der Waals surface area contributed by atoms with Gasteiger partial charge in [-0.3, -0.25) is 19.2 Å². The molecule has 3 aromatic rings.